The Bertz CT molecular complexity index is 955. The van der Waals surface area contributed by atoms with Crippen LogP contribution >= 0.6 is 11.3 Å². The molecule has 0 spiro atoms. The molecule has 1 aromatic heterocycles. The van der Waals surface area contributed by atoms with Crippen molar-refractivity contribution in [2.24, 2.45) is 0 Å². The molecule has 0 fully saturated rings. The van der Waals surface area contributed by atoms with Gasteiger partial charge in [-0.1, -0.05) is 29.5 Å². The number of aromatic nitrogens is 2. The highest BCUT2D eigenvalue weighted by Gasteiger charge is 2.14. The predicted octanol–water partition coefficient (Wildman–Crippen LogP) is 3.38. The summed E-state index contributed by atoms with van der Waals surface area (Å²) in [4.78, 5) is 23.2. The summed E-state index contributed by atoms with van der Waals surface area (Å²) in [5.74, 6) is -0.795. The average Bonchev–Trinajstić information content (AvgIpc) is 3.09. The first kappa shape index (κ1) is 17.6. The number of anilines is 1. The summed E-state index contributed by atoms with van der Waals surface area (Å²) in [6.07, 6.45) is 0. The van der Waals surface area contributed by atoms with Crippen molar-refractivity contribution in [3.8, 4) is 5.75 Å². The number of aromatic carboxylic acids is 1. The lowest BCUT2D eigenvalue weighted by atomic mass is 10.2. The number of carbonyl (C=O) groups excluding carboxylic acids is 1. The smallest absolute Gasteiger partial charge is 0.335 e. The monoisotopic (exact) mass is 369 g/mol. The molecule has 0 saturated carbocycles. The molecular weight excluding hydrogens is 354 g/mol. The summed E-state index contributed by atoms with van der Waals surface area (Å²) in [5, 5.41) is 20.2. The predicted molar refractivity (Wildman–Crippen MR) is 96.8 cm³/mol. The number of carbonyl (C=O) groups is 2. The Morgan fingerprint density at radius 1 is 1.15 bits per heavy atom. The number of ether oxygens (including phenoxy) is 1. The second-order valence-electron chi connectivity index (χ2n) is 5.45. The zero-order chi connectivity index (χ0) is 18.5. The molecule has 3 rings (SSSR count). The molecule has 2 aromatic carbocycles. The number of nitrogens with zero attached hydrogens (tertiary/aromatic N) is 2. The number of aryl methyl sites for hydroxylation is 1. The Hall–Kier alpha value is -3.26. The number of hydrogen-bond acceptors (Lipinski definition) is 6. The van der Waals surface area contributed by atoms with Gasteiger partial charge in [-0.3, -0.25) is 4.79 Å². The van der Waals surface area contributed by atoms with Crippen LogP contribution in [0.1, 0.15) is 30.7 Å². The second kappa shape index (κ2) is 7.75. The number of hydrogen-bond donors (Lipinski definition) is 2. The van der Waals surface area contributed by atoms with Crippen LogP contribution in [0, 0.1) is 6.92 Å². The Morgan fingerprint density at radius 2 is 1.96 bits per heavy atom. The van der Waals surface area contributed by atoms with Crippen LogP contribution in [-0.4, -0.2) is 27.2 Å². The highest BCUT2D eigenvalue weighted by Crippen LogP contribution is 2.18. The summed E-state index contributed by atoms with van der Waals surface area (Å²) in [7, 11) is 0. The molecule has 0 saturated heterocycles. The van der Waals surface area contributed by atoms with Crippen molar-refractivity contribution in [3.05, 3.63) is 69.7 Å². The van der Waals surface area contributed by atoms with Gasteiger partial charge in [-0.15, -0.1) is 10.2 Å². The van der Waals surface area contributed by atoms with Crippen molar-refractivity contribution in [1.29, 1.82) is 0 Å². The van der Waals surface area contributed by atoms with Gasteiger partial charge in [0, 0.05) is 5.69 Å². The van der Waals surface area contributed by atoms with E-state index in [1.807, 2.05) is 31.2 Å². The topological polar surface area (TPSA) is 101 Å². The Morgan fingerprint density at radius 3 is 2.73 bits per heavy atom. The van der Waals surface area contributed by atoms with Crippen molar-refractivity contribution in [2.45, 2.75) is 13.5 Å². The summed E-state index contributed by atoms with van der Waals surface area (Å²) in [6.45, 7) is 2.18. The van der Waals surface area contributed by atoms with E-state index in [1.165, 1.54) is 12.1 Å². The van der Waals surface area contributed by atoms with Crippen LogP contribution in [0.25, 0.3) is 0 Å². The van der Waals surface area contributed by atoms with Crippen LogP contribution < -0.4 is 10.1 Å². The molecule has 8 heteroatoms. The number of carboxylic acids is 1. The molecule has 0 bridgehead atoms. The van der Waals surface area contributed by atoms with E-state index in [1.54, 1.807) is 12.1 Å². The molecule has 0 aliphatic heterocycles. The van der Waals surface area contributed by atoms with E-state index in [4.69, 9.17) is 9.84 Å². The van der Waals surface area contributed by atoms with E-state index in [9.17, 15) is 9.59 Å². The molecule has 1 heterocycles. The average molecular weight is 369 g/mol. The first-order valence-electron chi connectivity index (χ1n) is 7.68. The lowest BCUT2D eigenvalue weighted by Crippen LogP contribution is -2.12. The van der Waals surface area contributed by atoms with E-state index in [2.05, 4.69) is 15.5 Å². The second-order valence-corrected chi connectivity index (χ2v) is 6.51. The zero-order valence-corrected chi connectivity index (χ0v) is 14.6. The maximum Gasteiger partial charge on any atom is 0.335 e. The van der Waals surface area contributed by atoms with Gasteiger partial charge in [0.05, 0.1) is 5.56 Å². The van der Waals surface area contributed by atoms with Gasteiger partial charge in [0.15, 0.2) is 5.01 Å². The molecule has 0 aliphatic carbocycles. The Balaban J connectivity index is 1.62. The molecule has 0 aliphatic rings. The van der Waals surface area contributed by atoms with E-state index < -0.39 is 11.9 Å². The molecule has 0 atom stereocenters. The maximum atomic E-state index is 12.2. The van der Waals surface area contributed by atoms with Gasteiger partial charge in [-0.2, -0.15) is 0 Å². The highest BCUT2D eigenvalue weighted by molar-refractivity contribution is 7.13. The van der Waals surface area contributed by atoms with Crippen molar-refractivity contribution >= 4 is 28.9 Å². The van der Waals surface area contributed by atoms with Crippen molar-refractivity contribution in [2.75, 3.05) is 5.32 Å². The Kier molecular flexibility index (Phi) is 5.23. The third kappa shape index (κ3) is 4.42. The number of carboxylic acid groups (broad SMARTS) is 1. The fourth-order valence-corrected chi connectivity index (χ4v) is 2.82. The van der Waals surface area contributed by atoms with E-state index in [0.29, 0.717) is 10.7 Å². The lowest BCUT2D eigenvalue weighted by molar-refractivity contribution is 0.0696. The van der Waals surface area contributed by atoms with E-state index in [-0.39, 0.29) is 17.2 Å². The van der Waals surface area contributed by atoms with E-state index >= 15 is 0 Å². The zero-order valence-electron chi connectivity index (χ0n) is 13.8. The molecule has 0 radical (unpaired) electrons. The highest BCUT2D eigenvalue weighted by atomic mass is 32.1. The largest absolute Gasteiger partial charge is 0.486 e. The third-order valence-corrected chi connectivity index (χ3v) is 4.28. The molecule has 132 valence electrons. The molecule has 7 nitrogen and oxygen atoms in total. The van der Waals surface area contributed by atoms with Crippen LogP contribution in [0.3, 0.4) is 0 Å². The van der Waals surface area contributed by atoms with Crippen LogP contribution in [0.4, 0.5) is 5.69 Å². The van der Waals surface area contributed by atoms with Gasteiger partial charge in [0.25, 0.3) is 5.91 Å². The summed E-state index contributed by atoms with van der Waals surface area (Å²) in [5.41, 5.74) is 1.55. The fourth-order valence-electron chi connectivity index (χ4n) is 2.17. The van der Waals surface area contributed by atoms with Gasteiger partial charge >= 0.3 is 5.97 Å². The molecule has 3 aromatic rings. The summed E-state index contributed by atoms with van der Waals surface area (Å²) < 4.78 is 5.64. The van der Waals surface area contributed by atoms with E-state index in [0.717, 1.165) is 22.6 Å². The summed E-state index contributed by atoms with van der Waals surface area (Å²) >= 11 is 1.12. The molecular formula is C18H15N3O4S. The standard InChI is InChI=1S/C18H15N3O4S/c1-11-4-2-7-14(8-11)25-10-15-20-21-17(26-15)16(22)19-13-6-3-5-12(9-13)18(23)24/h2-9H,10H2,1H3,(H,19,22)(H,23,24). The lowest BCUT2D eigenvalue weighted by Gasteiger charge is -2.04. The van der Waals surface area contributed by atoms with Crippen molar-refractivity contribution < 1.29 is 19.4 Å². The molecule has 2 N–H and O–H groups in total. The number of amides is 1. The molecule has 1 amide bonds. The van der Waals surface area contributed by atoms with Crippen molar-refractivity contribution in [3.63, 3.8) is 0 Å². The number of nitrogens with one attached hydrogen (secondary N) is 1. The molecule has 26 heavy (non-hydrogen) atoms. The quantitative estimate of drug-likeness (QED) is 0.691. The van der Waals surface area contributed by atoms with Crippen LogP contribution in [-0.2, 0) is 6.61 Å². The molecule has 0 unspecified atom stereocenters. The first-order valence-corrected chi connectivity index (χ1v) is 8.49. The Labute approximate surface area is 153 Å². The van der Waals surface area contributed by atoms with Gasteiger partial charge in [0.1, 0.15) is 12.4 Å². The van der Waals surface area contributed by atoms with Crippen LogP contribution in [0.2, 0.25) is 0 Å². The number of rotatable bonds is 6. The van der Waals surface area contributed by atoms with Crippen LogP contribution in [0.15, 0.2) is 48.5 Å². The third-order valence-electron chi connectivity index (χ3n) is 3.38. The minimum absolute atomic E-state index is 0.0901. The normalized spacial score (nSPS) is 10.3. The maximum absolute atomic E-state index is 12.2. The van der Waals surface area contributed by atoms with Gasteiger partial charge in [-0.25, -0.2) is 4.79 Å². The number of benzene rings is 2. The van der Waals surface area contributed by atoms with Crippen LogP contribution in [0.5, 0.6) is 5.75 Å². The SMILES string of the molecule is Cc1cccc(OCc2nnc(C(=O)Nc3cccc(C(=O)O)c3)s2)c1. The van der Waals surface area contributed by atoms with Gasteiger partial charge in [-0.05, 0) is 42.8 Å². The fraction of sp³-hybridized carbons (Fsp3) is 0.111. The van der Waals surface area contributed by atoms with Gasteiger partial charge < -0.3 is 15.2 Å². The van der Waals surface area contributed by atoms with Crippen molar-refractivity contribution in [1.82, 2.24) is 10.2 Å². The summed E-state index contributed by atoms with van der Waals surface area (Å²) in [6, 6.07) is 13.6. The minimum atomic E-state index is -1.06. The van der Waals surface area contributed by atoms with Gasteiger partial charge in [0.2, 0.25) is 5.01 Å². The first-order chi connectivity index (χ1) is 12.5. The minimum Gasteiger partial charge on any atom is -0.486 e.